The highest BCUT2D eigenvalue weighted by molar-refractivity contribution is 8.00. The largest absolute Gasteiger partial charge is 0.309 e. The molecule has 3 unspecified atom stereocenters. The molecule has 1 fully saturated rings. The molecule has 202 valence electrons. The van der Waals surface area contributed by atoms with Crippen molar-refractivity contribution in [1.82, 2.24) is 4.57 Å². The van der Waals surface area contributed by atoms with Crippen LogP contribution in [0.5, 0.6) is 0 Å². The van der Waals surface area contributed by atoms with Gasteiger partial charge < -0.3 is 4.57 Å². The summed E-state index contributed by atoms with van der Waals surface area (Å²) >= 11 is 2.12. The molecule has 1 nitrogen and oxygen atoms in total. The molecule has 4 aliphatic rings. The van der Waals surface area contributed by atoms with Gasteiger partial charge in [0.1, 0.15) is 0 Å². The van der Waals surface area contributed by atoms with E-state index in [0.717, 1.165) is 11.2 Å². The highest BCUT2D eigenvalue weighted by Crippen LogP contribution is 2.70. The Morgan fingerprint density at radius 1 is 0.690 bits per heavy atom. The first-order valence-electron chi connectivity index (χ1n) is 15.3. The van der Waals surface area contributed by atoms with E-state index in [9.17, 15) is 0 Å². The zero-order valence-corrected chi connectivity index (χ0v) is 24.7. The van der Waals surface area contributed by atoms with Gasteiger partial charge in [0.05, 0.1) is 11.0 Å². The Balaban J connectivity index is 1.10. The zero-order valence-electron chi connectivity index (χ0n) is 23.8. The first-order valence-corrected chi connectivity index (χ1v) is 16.2. The van der Waals surface area contributed by atoms with E-state index in [1.807, 2.05) is 0 Å². The van der Waals surface area contributed by atoms with Crippen LogP contribution in [0.25, 0.3) is 44.2 Å². The van der Waals surface area contributed by atoms with Gasteiger partial charge in [-0.2, -0.15) is 0 Å². The van der Waals surface area contributed by atoms with Gasteiger partial charge >= 0.3 is 0 Å². The third-order valence-corrected chi connectivity index (χ3v) is 12.3. The standard InChI is InChI=1S/C40H31NS/c1-40(2)31-12-6-3-9-26(31)29-22-34-30(21-32(29)40)27-10-4-7-13-33(27)41(34)24-17-15-23(16-18-24)25-19-20-36-39-37(25)38(39)28-11-5-8-14-35(28)42-36/h3-19,21-22,36-39H,20H2,1-2H3/t36?,37?,38-,39?/m1/s1. The molecule has 0 spiro atoms. The molecule has 2 heteroatoms. The number of allylic oxidation sites excluding steroid dienone is 2. The summed E-state index contributed by atoms with van der Waals surface area (Å²) in [5.41, 5.74) is 14.0. The normalized spacial score (nSPS) is 24.1. The van der Waals surface area contributed by atoms with E-state index in [1.165, 1.54) is 66.6 Å². The van der Waals surface area contributed by atoms with Crippen LogP contribution >= 0.6 is 11.8 Å². The van der Waals surface area contributed by atoms with Crippen molar-refractivity contribution in [3.63, 3.8) is 0 Å². The fourth-order valence-corrected chi connectivity index (χ4v) is 10.4. The van der Waals surface area contributed by atoms with Crippen molar-refractivity contribution in [3.8, 4) is 16.8 Å². The number of aromatic nitrogens is 1. The average Bonchev–Trinajstić information content (AvgIpc) is 3.64. The molecular weight excluding hydrogens is 527 g/mol. The third-order valence-electron chi connectivity index (χ3n) is 10.8. The molecule has 1 saturated carbocycles. The minimum Gasteiger partial charge on any atom is -0.309 e. The summed E-state index contributed by atoms with van der Waals surface area (Å²) in [7, 11) is 0. The molecule has 0 saturated heterocycles. The quantitative estimate of drug-likeness (QED) is 0.205. The number of para-hydroxylation sites is 1. The predicted molar refractivity (Wildman–Crippen MR) is 177 cm³/mol. The maximum Gasteiger partial charge on any atom is 0.0547 e. The first kappa shape index (κ1) is 23.5. The van der Waals surface area contributed by atoms with E-state index in [2.05, 4.69) is 145 Å². The van der Waals surface area contributed by atoms with E-state index in [-0.39, 0.29) is 5.41 Å². The second kappa shape index (κ2) is 8.08. The van der Waals surface area contributed by atoms with Crippen molar-refractivity contribution < 1.29 is 0 Å². The van der Waals surface area contributed by atoms with E-state index in [0.29, 0.717) is 11.8 Å². The van der Waals surface area contributed by atoms with Crippen molar-refractivity contribution >= 4 is 39.1 Å². The average molecular weight is 558 g/mol. The first-order chi connectivity index (χ1) is 20.6. The number of hydrogen-bond acceptors (Lipinski definition) is 1. The Kier molecular flexibility index (Phi) is 4.53. The number of nitrogens with zero attached hydrogens (tertiary/aromatic N) is 1. The highest BCUT2D eigenvalue weighted by Gasteiger charge is 2.60. The Labute approximate surface area is 250 Å². The summed E-state index contributed by atoms with van der Waals surface area (Å²) in [6, 6.07) is 41.4. The van der Waals surface area contributed by atoms with E-state index in [1.54, 1.807) is 11.1 Å². The molecule has 0 radical (unpaired) electrons. The topological polar surface area (TPSA) is 4.93 Å². The molecule has 2 heterocycles. The van der Waals surface area contributed by atoms with E-state index >= 15 is 0 Å². The maximum atomic E-state index is 2.56. The SMILES string of the molecule is CC1(C)c2ccccc2-c2cc3c(cc21)c1ccccc1n3-c1ccc(C2=CCC3Sc4ccccc4[C@@H]4C2C34)cc1. The van der Waals surface area contributed by atoms with Crippen molar-refractivity contribution in [1.29, 1.82) is 0 Å². The Hall–Kier alpha value is -4.01. The highest BCUT2D eigenvalue weighted by atomic mass is 32.2. The second-order valence-electron chi connectivity index (χ2n) is 13.2. The molecule has 42 heavy (non-hydrogen) atoms. The molecular formula is C40H31NS. The third kappa shape index (κ3) is 2.96. The van der Waals surface area contributed by atoms with Crippen LogP contribution in [0.3, 0.4) is 0 Å². The molecule has 0 bridgehead atoms. The van der Waals surface area contributed by atoms with Crippen LogP contribution in [-0.2, 0) is 5.41 Å². The number of benzene rings is 5. The molecule has 0 N–H and O–H groups in total. The number of thioether (sulfide) groups is 1. The second-order valence-corrected chi connectivity index (χ2v) is 14.5. The molecule has 1 aliphatic heterocycles. The number of hydrogen-bond donors (Lipinski definition) is 0. The predicted octanol–water partition coefficient (Wildman–Crippen LogP) is 10.4. The van der Waals surface area contributed by atoms with Crippen LogP contribution in [0, 0.1) is 11.8 Å². The van der Waals surface area contributed by atoms with E-state index in [4.69, 9.17) is 0 Å². The van der Waals surface area contributed by atoms with Crippen LogP contribution in [0.4, 0.5) is 0 Å². The van der Waals surface area contributed by atoms with Crippen LogP contribution in [0.15, 0.2) is 120 Å². The summed E-state index contributed by atoms with van der Waals surface area (Å²) < 4.78 is 2.48. The molecule has 5 aromatic carbocycles. The lowest BCUT2D eigenvalue weighted by Crippen LogP contribution is -2.14. The lowest BCUT2D eigenvalue weighted by Gasteiger charge is -2.24. The fourth-order valence-electron chi connectivity index (χ4n) is 8.84. The monoisotopic (exact) mass is 557 g/mol. The van der Waals surface area contributed by atoms with E-state index < -0.39 is 0 Å². The van der Waals surface area contributed by atoms with Gasteiger partial charge in [0.2, 0.25) is 0 Å². The number of rotatable bonds is 2. The van der Waals surface area contributed by atoms with Crippen molar-refractivity contribution in [2.75, 3.05) is 0 Å². The Bertz CT molecular complexity index is 2140. The lowest BCUT2D eigenvalue weighted by atomic mass is 9.82. The summed E-state index contributed by atoms with van der Waals surface area (Å²) in [5.74, 6) is 2.17. The molecule has 1 aromatic heterocycles. The zero-order chi connectivity index (χ0) is 27.7. The van der Waals surface area contributed by atoms with Crippen LogP contribution in [0.1, 0.15) is 48.4 Å². The summed E-state index contributed by atoms with van der Waals surface area (Å²) in [6.45, 7) is 4.74. The van der Waals surface area contributed by atoms with Gasteiger partial charge in [-0.15, -0.1) is 11.8 Å². The van der Waals surface area contributed by atoms with Gasteiger partial charge in [0, 0.05) is 32.0 Å². The molecule has 3 aliphatic carbocycles. The molecule has 0 amide bonds. The fraction of sp³-hybridized carbons (Fsp3) is 0.200. The number of fused-ring (bicyclic) bond motifs is 9. The van der Waals surface area contributed by atoms with Crippen LogP contribution < -0.4 is 0 Å². The molecule has 4 atom stereocenters. The Morgan fingerprint density at radius 2 is 1.48 bits per heavy atom. The maximum absolute atomic E-state index is 2.56. The smallest absolute Gasteiger partial charge is 0.0547 e. The van der Waals surface area contributed by atoms with Gasteiger partial charge in [-0.25, -0.2) is 0 Å². The summed E-state index contributed by atoms with van der Waals surface area (Å²) in [5, 5.41) is 3.41. The van der Waals surface area contributed by atoms with Gasteiger partial charge in [0.15, 0.2) is 0 Å². The van der Waals surface area contributed by atoms with Crippen molar-refractivity contribution in [3.05, 3.63) is 138 Å². The molecule has 6 aromatic rings. The minimum atomic E-state index is -0.00327. The Morgan fingerprint density at radius 3 is 2.38 bits per heavy atom. The van der Waals surface area contributed by atoms with Crippen LogP contribution in [-0.4, -0.2) is 9.82 Å². The van der Waals surface area contributed by atoms with Gasteiger partial charge in [0.25, 0.3) is 0 Å². The summed E-state index contributed by atoms with van der Waals surface area (Å²) in [6.07, 6.45) is 3.74. The lowest BCUT2D eigenvalue weighted by molar-refractivity contribution is 0.661. The molecule has 10 rings (SSSR count). The van der Waals surface area contributed by atoms with Crippen molar-refractivity contribution in [2.45, 2.75) is 41.7 Å². The van der Waals surface area contributed by atoms with Gasteiger partial charge in [-0.3, -0.25) is 0 Å². The summed E-state index contributed by atoms with van der Waals surface area (Å²) in [4.78, 5) is 1.51. The van der Waals surface area contributed by atoms with Gasteiger partial charge in [-0.1, -0.05) is 92.7 Å². The van der Waals surface area contributed by atoms with Gasteiger partial charge in [-0.05, 0) is 99.5 Å². The minimum absolute atomic E-state index is 0.00327. The van der Waals surface area contributed by atoms with Crippen LogP contribution in [0.2, 0.25) is 0 Å². The van der Waals surface area contributed by atoms with Crippen molar-refractivity contribution in [2.24, 2.45) is 11.8 Å².